The standard InChI is InChI=1S/C25H23NO4/c1-17-24-19(15-26(16-29-24)11-5-9-18-7-3-2-4-8-18)13-21-23(27)22(30-25(17)21)14-20-10-6-12-28-20/h2-4,6-8,10,12-14H,5,9,11,15-16H2,1H3/b22-14-. The predicted molar refractivity (Wildman–Crippen MR) is 113 cm³/mol. The fourth-order valence-corrected chi connectivity index (χ4v) is 4.09. The molecule has 1 aromatic heterocycles. The predicted octanol–water partition coefficient (Wildman–Crippen LogP) is 4.99. The van der Waals surface area contributed by atoms with E-state index in [4.69, 9.17) is 13.9 Å². The van der Waals surface area contributed by atoms with Crippen molar-refractivity contribution in [1.82, 2.24) is 4.90 Å². The zero-order chi connectivity index (χ0) is 20.5. The summed E-state index contributed by atoms with van der Waals surface area (Å²) < 4.78 is 17.3. The van der Waals surface area contributed by atoms with E-state index in [0.29, 0.717) is 23.8 Å². The normalized spacial score (nSPS) is 16.8. The molecule has 0 radical (unpaired) electrons. The monoisotopic (exact) mass is 401 g/mol. The van der Waals surface area contributed by atoms with Crippen LogP contribution in [0.3, 0.4) is 0 Å². The van der Waals surface area contributed by atoms with Crippen molar-refractivity contribution in [3.63, 3.8) is 0 Å². The van der Waals surface area contributed by atoms with Gasteiger partial charge in [-0.2, -0.15) is 0 Å². The Kier molecular flexibility index (Phi) is 4.89. The van der Waals surface area contributed by atoms with Gasteiger partial charge in [0.25, 0.3) is 0 Å². The number of aryl methyl sites for hydroxylation is 1. The van der Waals surface area contributed by atoms with Crippen molar-refractivity contribution in [2.24, 2.45) is 0 Å². The molecule has 0 fully saturated rings. The molecule has 0 saturated carbocycles. The largest absolute Gasteiger partial charge is 0.477 e. The zero-order valence-electron chi connectivity index (χ0n) is 16.9. The molecule has 2 aromatic carbocycles. The van der Waals surface area contributed by atoms with Gasteiger partial charge in [0.15, 0.2) is 5.76 Å². The number of hydrogen-bond donors (Lipinski definition) is 0. The highest BCUT2D eigenvalue weighted by Gasteiger charge is 2.33. The summed E-state index contributed by atoms with van der Waals surface area (Å²) in [6, 6.07) is 16.0. The molecule has 2 aliphatic rings. The average molecular weight is 401 g/mol. The van der Waals surface area contributed by atoms with E-state index < -0.39 is 0 Å². The van der Waals surface area contributed by atoms with Crippen LogP contribution in [0.15, 0.2) is 65.0 Å². The van der Waals surface area contributed by atoms with Gasteiger partial charge < -0.3 is 13.9 Å². The first kappa shape index (κ1) is 18.7. The molecule has 0 amide bonds. The number of fused-ring (bicyclic) bond motifs is 2. The highest BCUT2D eigenvalue weighted by atomic mass is 16.5. The summed E-state index contributed by atoms with van der Waals surface area (Å²) in [5.74, 6) is 2.18. The number of nitrogens with zero attached hydrogens (tertiary/aromatic N) is 1. The highest BCUT2D eigenvalue weighted by molar-refractivity contribution is 6.15. The third-order valence-corrected chi connectivity index (χ3v) is 5.60. The van der Waals surface area contributed by atoms with Crippen LogP contribution in [-0.2, 0) is 13.0 Å². The molecule has 0 spiro atoms. The van der Waals surface area contributed by atoms with Crippen molar-refractivity contribution in [3.05, 3.63) is 88.6 Å². The van der Waals surface area contributed by atoms with E-state index in [2.05, 4.69) is 29.2 Å². The molecular formula is C25H23NO4. The van der Waals surface area contributed by atoms with Gasteiger partial charge in [0, 0.05) is 30.3 Å². The number of furan rings is 1. The summed E-state index contributed by atoms with van der Waals surface area (Å²) >= 11 is 0. The van der Waals surface area contributed by atoms with Crippen molar-refractivity contribution in [1.29, 1.82) is 0 Å². The topological polar surface area (TPSA) is 51.9 Å². The van der Waals surface area contributed by atoms with Gasteiger partial charge in [-0.15, -0.1) is 0 Å². The molecule has 3 aromatic rings. The second kappa shape index (κ2) is 7.84. The first-order valence-corrected chi connectivity index (χ1v) is 10.2. The lowest BCUT2D eigenvalue weighted by Gasteiger charge is -2.30. The van der Waals surface area contributed by atoms with E-state index in [0.717, 1.165) is 42.8 Å². The molecule has 0 saturated heterocycles. The van der Waals surface area contributed by atoms with Gasteiger partial charge in [0.05, 0.1) is 11.8 Å². The molecular weight excluding hydrogens is 378 g/mol. The van der Waals surface area contributed by atoms with Crippen LogP contribution in [0.1, 0.15) is 39.2 Å². The molecule has 0 bridgehead atoms. The number of carbonyl (C=O) groups is 1. The van der Waals surface area contributed by atoms with Crippen LogP contribution in [0, 0.1) is 6.92 Å². The molecule has 0 unspecified atom stereocenters. The minimum atomic E-state index is -0.117. The van der Waals surface area contributed by atoms with Gasteiger partial charge in [-0.3, -0.25) is 9.69 Å². The van der Waals surface area contributed by atoms with Crippen LogP contribution in [0.4, 0.5) is 0 Å². The SMILES string of the molecule is Cc1c2c(cc3c1O/C(=C\c1ccco1)C3=O)CN(CCCc1ccccc1)CO2. The summed E-state index contributed by atoms with van der Waals surface area (Å²) in [5.41, 5.74) is 3.86. The minimum absolute atomic E-state index is 0.117. The van der Waals surface area contributed by atoms with Crippen molar-refractivity contribution in [3.8, 4) is 11.5 Å². The molecule has 152 valence electrons. The van der Waals surface area contributed by atoms with Gasteiger partial charge >= 0.3 is 0 Å². The number of ketones is 1. The van der Waals surface area contributed by atoms with Gasteiger partial charge in [-0.25, -0.2) is 0 Å². The Hall–Kier alpha value is -3.31. The smallest absolute Gasteiger partial charge is 0.232 e. The van der Waals surface area contributed by atoms with Crippen molar-refractivity contribution in [2.45, 2.75) is 26.3 Å². The highest BCUT2D eigenvalue weighted by Crippen LogP contribution is 2.43. The van der Waals surface area contributed by atoms with Crippen LogP contribution in [-0.4, -0.2) is 24.0 Å². The second-order valence-corrected chi connectivity index (χ2v) is 7.74. The van der Waals surface area contributed by atoms with Crippen LogP contribution in [0.5, 0.6) is 11.5 Å². The molecule has 5 nitrogen and oxygen atoms in total. The Morgan fingerprint density at radius 2 is 1.97 bits per heavy atom. The third kappa shape index (κ3) is 3.53. The lowest BCUT2D eigenvalue weighted by Crippen LogP contribution is -2.33. The molecule has 5 rings (SSSR count). The fraction of sp³-hybridized carbons (Fsp3) is 0.240. The Balaban J connectivity index is 1.31. The average Bonchev–Trinajstić information content (AvgIpc) is 3.38. The van der Waals surface area contributed by atoms with Gasteiger partial charge in [-0.05, 0) is 43.5 Å². The van der Waals surface area contributed by atoms with Gasteiger partial charge in [-0.1, -0.05) is 30.3 Å². The molecule has 0 N–H and O–H groups in total. The number of ether oxygens (including phenoxy) is 2. The summed E-state index contributed by atoms with van der Waals surface area (Å²) in [6.07, 6.45) is 5.31. The molecule has 30 heavy (non-hydrogen) atoms. The van der Waals surface area contributed by atoms with Gasteiger partial charge in [0.2, 0.25) is 5.78 Å². The maximum absolute atomic E-state index is 12.9. The number of carbonyl (C=O) groups excluding carboxylic acids is 1. The van der Waals surface area contributed by atoms with Crippen molar-refractivity contribution >= 4 is 11.9 Å². The maximum Gasteiger partial charge on any atom is 0.232 e. The number of hydrogen-bond acceptors (Lipinski definition) is 5. The maximum atomic E-state index is 12.9. The van der Waals surface area contributed by atoms with E-state index in [9.17, 15) is 4.79 Å². The summed E-state index contributed by atoms with van der Waals surface area (Å²) in [6.45, 7) is 4.21. The van der Waals surface area contributed by atoms with E-state index in [1.807, 2.05) is 19.1 Å². The minimum Gasteiger partial charge on any atom is -0.477 e. The zero-order valence-corrected chi connectivity index (χ0v) is 16.9. The van der Waals surface area contributed by atoms with E-state index >= 15 is 0 Å². The first-order valence-electron chi connectivity index (χ1n) is 10.2. The van der Waals surface area contributed by atoms with Crippen LogP contribution >= 0.6 is 0 Å². The summed E-state index contributed by atoms with van der Waals surface area (Å²) in [5, 5.41) is 0. The number of benzene rings is 2. The van der Waals surface area contributed by atoms with Crippen LogP contribution in [0.2, 0.25) is 0 Å². The number of rotatable bonds is 5. The second-order valence-electron chi connectivity index (χ2n) is 7.74. The fourth-order valence-electron chi connectivity index (χ4n) is 4.09. The van der Waals surface area contributed by atoms with Gasteiger partial charge in [0.1, 0.15) is 24.0 Å². The first-order chi connectivity index (χ1) is 14.7. The number of allylic oxidation sites excluding steroid dienone is 1. The molecule has 3 heterocycles. The van der Waals surface area contributed by atoms with Crippen molar-refractivity contribution < 1.29 is 18.7 Å². The van der Waals surface area contributed by atoms with Crippen molar-refractivity contribution in [2.75, 3.05) is 13.3 Å². The third-order valence-electron chi connectivity index (χ3n) is 5.60. The Bertz CT molecular complexity index is 1100. The lowest BCUT2D eigenvalue weighted by atomic mass is 10.00. The Labute approximate surface area is 175 Å². The lowest BCUT2D eigenvalue weighted by molar-refractivity contribution is 0.0932. The molecule has 0 atom stereocenters. The van der Waals surface area contributed by atoms with E-state index in [1.54, 1.807) is 24.5 Å². The van der Waals surface area contributed by atoms with Crippen LogP contribution < -0.4 is 9.47 Å². The van der Waals surface area contributed by atoms with E-state index in [1.165, 1.54) is 5.56 Å². The van der Waals surface area contributed by atoms with E-state index in [-0.39, 0.29) is 11.5 Å². The number of Topliss-reactive ketones (excluding diaryl/α,β-unsaturated/α-hetero) is 1. The summed E-state index contributed by atoms with van der Waals surface area (Å²) in [4.78, 5) is 15.2. The molecule has 5 heteroatoms. The molecule has 2 aliphatic heterocycles. The Morgan fingerprint density at radius 1 is 1.10 bits per heavy atom. The quantitative estimate of drug-likeness (QED) is 0.564. The summed E-state index contributed by atoms with van der Waals surface area (Å²) in [7, 11) is 0. The Morgan fingerprint density at radius 3 is 2.77 bits per heavy atom. The van der Waals surface area contributed by atoms with Crippen LogP contribution in [0.25, 0.3) is 6.08 Å². The molecule has 0 aliphatic carbocycles.